The second-order valence-corrected chi connectivity index (χ2v) is 4.00. The smallest absolute Gasteiger partial charge is 0.315 e. The average molecular weight is 214 g/mol. The topological polar surface area (TPSA) is 50.4 Å². The molecule has 2 amide bonds. The highest BCUT2D eigenvalue weighted by molar-refractivity contribution is 5.74. The standard InChI is InChI=1S/C11H22N2O2/c1-3-5-6-12-11(14)13-9-7-10(8-9)15-4-2/h9-10H,3-8H2,1-2H3,(H2,12,13,14). The summed E-state index contributed by atoms with van der Waals surface area (Å²) in [4.78, 5) is 11.3. The van der Waals surface area contributed by atoms with Gasteiger partial charge in [0.1, 0.15) is 0 Å². The normalized spacial score (nSPS) is 24.4. The predicted octanol–water partition coefficient (Wildman–Crippen LogP) is 1.65. The number of ether oxygens (including phenoxy) is 1. The first kappa shape index (κ1) is 12.3. The molecule has 0 radical (unpaired) electrons. The Hall–Kier alpha value is -0.770. The van der Waals surface area contributed by atoms with Crippen LogP contribution in [-0.2, 0) is 4.74 Å². The van der Waals surface area contributed by atoms with Crippen LogP contribution < -0.4 is 10.6 Å². The summed E-state index contributed by atoms with van der Waals surface area (Å²) in [6.07, 6.45) is 4.41. The van der Waals surface area contributed by atoms with Crippen LogP contribution >= 0.6 is 0 Å². The van der Waals surface area contributed by atoms with Crippen molar-refractivity contribution in [2.75, 3.05) is 13.2 Å². The molecular formula is C11H22N2O2. The van der Waals surface area contributed by atoms with E-state index >= 15 is 0 Å². The Kier molecular flexibility index (Phi) is 5.47. The fourth-order valence-corrected chi connectivity index (χ4v) is 1.67. The SMILES string of the molecule is CCCCNC(=O)NC1CC(OCC)C1. The van der Waals surface area contributed by atoms with Gasteiger partial charge in [-0.2, -0.15) is 0 Å². The third-order valence-corrected chi connectivity index (χ3v) is 2.65. The largest absolute Gasteiger partial charge is 0.378 e. The Morgan fingerprint density at radius 1 is 1.40 bits per heavy atom. The number of carbonyl (C=O) groups is 1. The van der Waals surface area contributed by atoms with Crippen LogP contribution in [0.4, 0.5) is 4.79 Å². The Labute approximate surface area is 91.8 Å². The highest BCUT2D eigenvalue weighted by Crippen LogP contribution is 2.22. The number of unbranched alkanes of at least 4 members (excludes halogenated alkanes) is 1. The number of hydrogen-bond acceptors (Lipinski definition) is 2. The maximum Gasteiger partial charge on any atom is 0.315 e. The minimum absolute atomic E-state index is 0.0385. The molecule has 0 atom stereocenters. The van der Waals surface area contributed by atoms with Crippen LogP contribution in [0.5, 0.6) is 0 Å². The molecule has 15 heavy (non-hydrogen) atoms. The van der Waals surface area contributed by atoms with Crippen molar-refractivity contribution in [3.05, 3.63) is 0 Å². The van der Waals surface area contributed by atoms with Gasteiger partial charge < -0.3 is 15.4 Å². The van der Waals surface area contributed by atoms with Gasteiger partial charge in [0.15, 0.2) is 0 Å². The molecule has 2 N–H and O–H groups in total. The van der Waals surface area contributed by atoms with Crippen LogP contribution in [0.25, 0.3) is 0 Å². The molecule has 0 aliphatic heterocycles. The first-order valence-electron chi connectivity index (χ1n) is 5.92. The van der Waals surface area contributed by atoms with Crippen LogP contribution in [0.3, 0.4) is 0 Å². The molecule has 1 rings (SSSR count). The molecule has 1 aliphatic carbocycles. The van der Waals surface area contributed by atoms with Crippen molar-refractivity contribution in [1.29, 1.82) is 0 Å². The maximum atomic E-state index is 11.3. The van der Waals surface area contributed by atoms with Crippen molar-refractivity contribution in [2.45, 2.75) is 51.7 Å². The van der Waals surface area contributed by atoms with E-state index in [1.165, 1.54) is 0 Å². The molecule has 1 aliphatic rings. The van der Waals surface area contributed by atoms with E-state index in [4.69, 9.17) is 4.74 Å². The summed E-state index contributed by atoms with van der Waals surface area (Å²) in [6.45, 7) is 5.64. The first-order chi connectivity index (χ1) is 7.26. The van der Waals surface area contributed by atoms with E-state index in [-0.39, 0.29) is 6.03 Å². The number of carbonyl (C=O) groups excluding carboxylic acids is 1. The summed E-state index contributed by atoms with van der Waals surface area (Å²) in [5.41, 5.74) is 0. The monoisotopic (exact) mass is 214 g/mol. The lowest BCUT2D eigenvalue weighted by molar-refractivity contribution is -0.00707. The fourth-order valence-electron chi connectivity index (χ4n) is 1.67. The van der Waals surface area contributed by atoms with Crippen LogP contribution in [0, 0.1) is 0 Å². The molecule has 0 aromatic rings. The molecule has 0 aromatic carbocycles. The molecule has 4 nitrogen and oxygen atoms in total. The molecule has 0 saturated heterocycles. The molecule has 0 spiro atoms. The third kappa shape index (κ3) is 4.51. The second kappa shape index (κ2) is 6.67. The summed E-state index contributed by atoms with van der Waals surface area (Å²) >= 11 is 0. The summed E-state index contributed by atoms with van der Waals surface area (Å²) < 4.78 is 5.42. The van der Waals surface area contributed by atoms with E-state index in [1.807, 2.05) is 6.92 Å². The van der Waals surface area contributed by atoms with Crippen LogP contribution in [0.1, 0.15) is 39.5 Å². The van der Waals surface area contributed by atoms with Gasteiger partial charge in [-0.3, -0.25) is 0 Å². The summed E-state index contributed by atoms with van der Waals surface area (Å²) in [5.74, 6) is 0. The van der Waals surface area contributed by atoms with Crippen LogP contribution in [-0.4, -0.2) is 31.3 Å². The lowest BCUT2D eigenvalue weighted by atomic mass is 9.89. The minimum atomic E-state index is -0.0385. The molecule has 88 valence electrons. The lowest BCUT2D eigenvalue weighted by Crippen LogP contribution is -2.51. The molecule has 1 saturated carbocycles. The first-order valence-corrected chi connectivity index (χ1v) is 5.92. The van der Waals surface area contributed by atoms with E-state index in [0.29, 0.717) is 12.1 Å². The quantitative estimate of drug-likeness (QED) is 0.661. The molecule has 0 unspecified atom stereocenters. The zero-order chi connectivity index (χ0) is 11.1. The Morgan fingerprint density at radius 2 is 2.13 bits per heavy atom. The fraction of sp³-hybridized carbons (Fsp3) is 0.909. The molecule has 0 aromatic heterocycles. The van der Waals surface area contributed by atoms with Crippen molar-refractivity contribution >= 4 is 6.03 Å². The zero-order valence-corrected chi connectivity index (χ0v) is 9.71. The van der Waals surface area contributed by atoms with Gasteiger partial charge in [-0.1, -0.05) is 13.3 Å². The molecule has 0 heterocycles. The molecule has 0 bridgehead atoms. The van der Waals surface area contributed by atoms with Gasteiger partial charge in [0.25, 0.3) is 0 Å². The van der Waals surface area contributed by atoms with Gasteiger partial charge in [0, 0.05) is 19.2 Å². The zero-order valence-electron chi connectivity index (χ0n) is 9.71. The predicted molar refractivity (Wildman–Crippen MR) is 59.9 cm³/mol. The van der Waals surface area contributed by atoms with Gasteiger partial charge in [0.05, 0.1) is 6.10 Å². The number of urea groups is 1. The lowest BCUT2D eigenvalue weighted by Gasteiger charge is -2.35. The Morgan fingerprint density at radius 3 is 2.73 bits per heavy atom. The highest BCUT2D eigenvalue weighted by Gasteiger charge is 2.30. The number of nitrogens with one attached hydrogen (secondary N) is 2. The van der Waals surface area contributed by atoms with Gasteiger partial charge in [-0.05, 0) is 26.2 Å². The van der Waals surface area contributed by atoms with E-state index < -0.39 is 0 Å². The van der Waals surface area contributed by atoms with E-state index in [2.05, 4.69) is 17.6 Å². The van der Waals surface area contributed by atoms with Crippen LogP contribution in [0.2, 0.25) is 0 Å². The van der Waals surface area contributed by atoms with Crippen molar-refractivity contribution in [3.8, 4) is 0 Å². The van der Waals surface area contributed by atoms with Crippen molar-refractivity contribution in [3.63, 3.8) is 0 Å². The Balaban J connectivity index is 1.98. The Bertz CT molecular complexity index is 191. The van der Waals surface area contributed by atoms with Gasteiger partial charge in [-0.15, -0.1) is 0 Å². The van der Waals surface area contributed by atoms with Crippen molar-refractivity contribution in [1.82, 2.24) is 10.6 Å². The molecule has 4 heteroatoms. The van der Waals surface area contributed by atoms with Gasteiger partial charge >= 0.3 is 6.03 Å². The minimum Gasteiger partial charge on any atom is -0.378 e. The molecule has 1 fully saturated rings. The summed E-state index contributed by atoms with van der Waals surface area (Å²) in [5, 5.41) is 5.77. The van der Waals surface area contributed by atoms with Crippen LogP contribution in [0.15, 0.2) is 0 Å². The van der Waals surface area contributed by atoms with Gasteiger partial charge in [-0.25, -0.2) is 4.79 Å². The molecular weight excluding hydrogens is 192 g/mol. The highest BCUT2D eigenvalue weighted by atomic mass is 16.5. The second-order valence-electron chi connectivity index (χ2n) is 4.00. The summed E-state index contributed by atoms with van der Waals surface area (Å²) in [7, 11) is 0. The third-order valence-electron chi connectivity index (χ3n) is 2.65. The van der Waals surface area contributed by atoms with E-state index in [0.717, 1.165) is 38.8 Å². The number of hydrogen-bond donors (Lipinski definition) is 2. The number of rotatable bonds is 6. The van der Waals surface area contributed by atoms with E-state index in [9.17, 15) is 4.79 Å². The van der Waals surface area contributed by atoms with Crippen molar-refractivity contribution in [2.24, 2.45) is 0 Å². The average Bonchev–Trinajstić information content (AvgIpc) is 2.15. The van der Waals surface area contributed by atoms with E-state index in [1.54, 1.807) is 0 Å². The number of amides is 2. The maximum absolute atomic E-state index is 11.3. The van der Waals surface area contributed by atoms with Crippen molar-refractivity contribution < 1.29 is 9.53 Å². The summed E-state index contributed by atoms with van der Waals surface area (Å²) in [6, 6.07) is 0.270. The van der Waals surface area contributed by atoms with Gasteiger partial charge in [0.2, 0.25) is 0 Å².